The molecule has 1 aromatic carbocycles. The van der Waals surface area contributed by atoms with Gasteiger partial charge in [0.1, 0.15) is 5.82 Å². The van der Waals surface area contributed by atoms with E-state index in [1.54, 1.807) is 11.1 Å². The number of aliphatic hydroxyl groups excluding tert-OH is 1. The Bertz CT molecular complexity index is 1180. The van der Waals surface area contributed by atoms with Crippen LogP contribution in [0.4, 0.5) is 17.2 Å². The minimum absolute atomic E-state index is 0.247. The van der Waals surface area contributed by atoms with Crippen molar-refractivity contribution >= 4 is 36.0 Å². The Hall–Kier alpha value is -3.66. The predicted octanol–water partition coefficient (Wildman–Crippen LogP) is 3.17. The summed E-state index contributed by atoms with van der Waals surface area (Å²) in [6.07, 6.45) is 4.68. The number of fused-ring (bicyclic) bond motifs is 1. The fraction of sp³-hybridized carbons (Fsp3) is 0.357. The smallest absolute Gasteiger partial charge is 0.161 e. The van der Waals surface area contributed by atoms with Crippen LogP contribution in [0.2, 0.25) is 0 Å². The summed E-state index contributed by atoms with van der Waals surface area (Å²) in [5.41, 5.74) is 3.76. The first-order valence-electron chi connectivity index (χ1n) is 12.5. The molecule has 2 aromatic rings. The fourth-order valence-electron chi connectivity index (χ4n) is 4.65. The average Bonchev–Trinajstić information content (AvgIpc) is 3.28. The number of aromatic nitrogens is 1. The van der Waals surface area contributed by atoms with Crippen molar-refractivity contribution in [3.63, 3.8) is 0 Å². The molecule has 9 nitrogen and oxygen atoms in total. The number of hydrogen-bond donors (Lipinski definition) is 1. The maximum atomic E-state index is 12.2. The molecule has 2 aliphatic rings. The van der Waals surface area contributed by atoms with Crippen molar-refractivity contribution in [3.05, 3.63) is 72.1 Å². The Morgan fingerprint density at radius 1 is 1.19 bits per heavy atom. The first kappa shape index (κ1) is 26.4. The molecule has 194 valence electrons. The van der Waals surface area contributed by atoms with Gasteiger partial charge >= 0.3 is 0 Å². The zero-order valence-corrected chi connectivity index (χ0v) is 21.6. The summed E-state index contributed by atoms with van der Waals surface area (Å²) < 4.78 is 0. The quantitative estimate of drug-likeness (QED) is 0.141. The number of anilines is 2. The minimum Gasteiger partial charge on any atom is -0.387 e. The molecule has 1 fully saturated rings. The van der Waals surface area contributed by atoms with Gasteiger partial charge in [0.2, 0.25) is 0 Å². The molecule has 1 atom stereocenters. The van der Waals surface area contributed by atoms with Crippen LogP contribution in [-0.2, 0) is 11.2 Å². The first-order valence-corrected chi connectivity index (χ1v) is 12.5. The Morgan fingerprint density at radius 2 is 1.92 bits per heavy atom. The van der Waals surface area contributed by atoms with E-state index in [-0.39, 0.29) is 5.57 Å². The van der Waals surface area contributed by atoms with E-state index in [2.05, 4.69) is 47.3 Å². The van der Waals surface area contributed by atoms with E-state index in [0.717, 1.165) is 43.9 Å². The predicted molar refractivity (Wildman–Crippen MR) is 150 cm³/mol. The Labute approximate surface area is 218 Å². The summed E-state index contributed by atoms with van der Waals surface area (Å²) in [4.78, 5) is 30.4. The number of carbonyl (C=O) groups excluding carboxylic acids is 1. The van der Waals surface area contributed by atoms with Crippen LogP contribution in [0.25, 0.3) is 0 Å². The Kier molecular flexibility index (Phi) is 8.60. The molecule has 0 bridgehead atoms. The number of nitrogens with zero attached hydrogens (tertiary/aromatic N) is 7. The van der Waals surface area contributed by atoms with Gasteiger partial charge in [0.05, 0.1) is 23.1 Å². The zero-order valence-electron chi connectivity index (χ0n) is 21.6. The maximum Gasteiger partial charge on any atom is 0.161 e. The summed E-state index contributed by atoms with van der Waals surface area (Å²) in [6.45, 7) is 11.9. The van der Waals surface area contributed by atoms with E-state index in [0.29, 0.717) is 42.3 Å². The van der Waals surface area contributed by atoms with Crippen LogP contribution in [0.5, 0.6) is 0 Å². The van der Waals surface area contributed by atoms with Gasteiger partial charge in [-0.15, -0.1) is 6.58 Å². The summed E-state index contributed by atoms with van der Waals surface area (Å²) in [7, 11) is 4.00. The number of amidine groups is 1. The molecule has 0 radical (unpaired) electrons. The molecule has 37 heavy (non-hydrogen) atoms. The summed E-state index contributed by atoms with van der Waals surface area (Å²) in [5.74, 6) is 0.882. The summed E-state index contributed by atoms with van der Waals surface area (Å²) >= 11 is 0. The van der Waals surface area contributed by atoms with E-state index in [9.17, 15) is 9.90 Å². The van der Waals surface area contributed by atoms with Crippen molar-refractivity contribution in [3.8, 4) is 0 Å². The largest absolute Gasteiger partial charge is 0.387 e. The van der Waals surface area contributed by atoms with Crippen LogP contribution in [0.1, 0.15) is 23.8 Å². The van der Waals surface area contributed by atoms with Crippen LogP contribution in [-0.4, -0.2) is 85.7 Å². The molecule has 0 saturated carbocycles. The van der Waals surface area contributed by atoms with Gasteiger partial charge in [-0.1, -0.05) is 12.1 Å². The number of aliphatic hydroxyl groups is 1. The van der Waals surface area contributed by atoms with Gasteiger partial charge in [0, 0.05) is 51.7 Å². The molecule has 9 heteroatoms. The van der Waals surface area contributed by atoms with Crippen LogP contribution in [0.15, 0.2) is 70.8 Å². The van der Waals surface area contributed by atoms with Crippen LogP contribution >= 0.6 is 0 Å². The number of likely N-dealkylation sites (N-methyl/N-ethyl adjacent to an activating group) is 2. The molecule has 0 amide bonds. The second-order valence-electron chi connectivity index (χ2n) is 9.34. The third-order valence-corrected chi connectivity index (χ3v) is 6.72. The number of hydrazine groups is 1. The highest BCUT2D eigenvalue weighted by molar-refractivity contribution is 6.20. The molecule has 4 rings (SSSR count). The van der Waals surface area contributed by atoms with Crippen molar-refractivity contribution in [2.24, 2.45) is 9.98 Å². The number of hydrogen-bond acceptors (Lipinski definition) is 8. The Balaban J connectivity index is 1.76. The highest BCUT2D eigenvalue weighted by Gasteiger charge is 2.27. The van der Waals surface area contributed by atoms with E-state index in [1.807, 2.05) is 36.3 Å². The topological polar surface area (TPSA) is 87.9 Å². The van der Waals surface area contributed by atoms with Crippen molar-refractivity contribution in [1.82, 2.24) is 14.9 Å². The number of aryl methyl sites for hydroxylation is 1. The maximum absolute atomic E-state index is 12.2. The van der Waals surface area contributed by atoms with Gasteiger partial charge in [-0.25, -0.2) is 20.0 Å². The number of piperazine rings is 1. The second-order valence-corrected chi connectivity index (χ2v) is 9.34. The van der Waals surface area contributed by atoms with Crippen molar-refractivity contribution in [2.45, 2.75) is 18.9 Å². The lowest BCUT2D eigenvalue weighted by molar-refractivity contribution is -0.104. The average molecular weight is 502 g/mol. The number of pyridine rings is 1. The van der Waals surface area contributed by atoms with Gasteiger partial charge < -0.3 is 14.9 Å². The molecule has 1 aliphatic heterocycles. The van der Waals surface area contributed by atoms with E-state index < -0.39 is 6.10 Å². The molecule has 1 aliphatic carbocycles. The third kappa shape index (κ3) is 6.02. The molecule has 1 saturated heterocycles. The van der Waals surface area contributed by atoms with Crippen LogP contribution in [0.3, 0.4) is 0 Å². The molecule has 0 spiro atoms. The monoisotopic (exact) mass is 501 g/mol. The SMILES string of the molecule is C=CCN(C)N(C(=Nc1ccc(N2CCN(C)CC2)cc1)/C(C=O)=C\N=C)c1ccc2c(n1)C(O)CC2. The van der Waals surface area contributed by atoms with E-state index in [4.69, 9.17) is 9.98 Å². The molecular weight excluding hydrogens is 466 g/mol. The van der Waals surface area contributed by atoms with Crippen molar-refractivity contribution in [1.29, 1.82) is 0 Å². The molecule has 1 N–H and O–H groups in total. The van der Waals surface area contributed by atoms with E-state index in [1.165, 1.54) is 6.20 Å². The lowest BCUT2D eigenvalue weighted by atomic mass is 10.2. The lowest BCUT2D eigenvalue weighted by Crippen LogP contribution is -2.46. The normalized spacial score (nSPS) is 18.6. The lowest BCUT2D eigenvalue weighted by Gasteiger charge is -2.34. The van der Waals surface area contributed by atoms with Crippen molar-refractivity contribution < 1.29 is 9.90 Å². The zero-order chi connectivity index (χ0) is 26.4. The highest BCUT2D eigenvalue weighted by atomic mass is 16.3. The highest BCUT2D eigenvalue weighted by Crippen LogP contribution is 2.32. The summed E-state index contributed by atoms with van der Waals surface area (Å²) in [6, 6.07) is 11.9. The molecular formula is C28H35N7O2. The van der Waals surface area contributed by atoms with Crippen molar-refractivity contribution in [2.75, 3.05) is 56.7 Å². The number of aliphatic imine (C=N–C) groups is 2. The minimum atomic E-state index is -0.611. The number of aldehydes is 1. The standard InChI is InChI=1S/C28H35N7O2/c1-5-14-33(4)35(26-13-7-21-6-12-25(37)27(21)31-26)28(22(20-36)19-29-2)30-23-8-10-24(11-9-23)34-17-15-32(3)16-18-34/h5,7-11,13,19-20,25,37H,1-2,6,12,14-18H2,3-4H3/b22-19-,30-28?. The third-order valence-electron chi connectivity index (χ3n) is 6.72. The summed E-state index contributed by atoms with van der Waals surface area (Å²) in [5, 5.41) is 14.1. The fourth-order valence-corrected chi connectivity index (χ4v) is 4.65. The number of rotatable bonds is 9. The number of carbonyl (C=O) groups is 1. The van der Waals surface area contributed by atoms with Gasteiger partial charge in [0.15, 0.2) is 12.1 Å². The van der Waals surface area contributed by atoms with E-state index >= 15 is 0 Å². The molecule has 1 unspecified atom stereocenters. The second kappa shape index (κ2) is 12.1. The van der Waals surface area contributed by atoms with Gasteiger partial charge in [-0.3, -0.25) is 9.79 Å². The molecule has 1 aromatic heterocycles. The number of benzene rings is 1. The first-order chi connectivity index (χ1) is 17.9. The van der Waals surface area contributed by atoms with Gasteiger partial charge in [-0.05, 0) is 62.5 Å². The molecule has 2 heterocycles. The van der Waals surface area contributed by atoms with Gasteiger partial charge in [-0.2, -0.15) is 0 Å². The van der Waals surface area contributed by atoms with Crippen LogP contribution < -0.4 is 9.91 Å². The Morgan fingerprint density at radius 3 is 2.57 bits per heavy atom. The van der Waals surface area contributed by atoms with Gasteiger partial charge in [0.25, 0.3) is 0 Å². The van der Waals surface area contributed by atoms with Crippen LogP contribution in [0, 0.1) is 0 Å².